The fraction of sp³-hybridized carbons (Fsp3) is 0. The number of hydrazone groups is 1. The first-order valence-electron chi connectivity index (χ1n) is 7.34. The number of carbonyl (C=O) groups is 1. The molecule has 0 saturated heterocycles. The van der Waals surface area contributed by atoms with E-state index in [9.17, 15) is 20.0 Å². The number of nitrogens with one attached hydrogen (secondary N) is 1. The molecule has 1 amide bonds. The number of benzene rings is 2. The first-order valence-corrected chi connectivity index (χ1v) is 8.14. The van der Waals surface area contributed by atoms with Gasteiger partial charge in [-0.1, -0.05) is 21.1 Å². The first-order chi connectivity index (χ1) is 12.9. The molecular formula is C16H10BrN5O5. The Balaban J connectivity index is 1.68. The summed E-state index contributed by atoms with van der Waals surface area (Å²) in [6.45, 7) is 0. The molecule has 0 aliphatic rings. The van der Waals surface area contributed by atoms with Crippen LogP contribution in [0, 0.1) is 10.1 Å². The van der Waals surface area contributed by atoms with Crippen molar-refractivity contribution in [3.05, 3.63) is 68.5 Å². The van der Waals surface area contributed by atoms with E-state index >= 15 is 0 Å². The molecule has 0 spiro atoms. The summed E-state index contributed by atoms with van der Waals surface area (Å²) >= 11 is 3.26. The second kappa shape index (κ2) is 7.74. The number of nitrogens with zero attached hydrogens (tertiary/aromatic N) is 4. The number of nitro benzene ring substituents is 1. The van der Waals surface area contributed by atoms with Crippen LogP contribution in [0.15, 0.2) is 56.6 Å². The predicted molar refractivity (Wildman–Crippen MR) is 97.3 cm³/mol. The maximum Gasteiger partial charge on any atom is 0.329 e. The third-order valence-electron chi connectivity index (χ3n) is 3.32. The topological polar surface area (TPSA) is 144 Å². The number of nitro groups is 1. The molecular weight excluding hydrogens is 422 g/mol. The highest BCUT2D eigenvalue weighted by Crippen LogP contribution is 2.21. The number of non-ortho nitro benzene ring substituents is 1. The van der Waals surface area contributed by atoms with Crippen molar-refractivity contribution in [2.24, 2.45) is 5.10 Å². The highest BCUT2D eigenvalue weighted by Gasteiger charge is 2.16. The van der Waals surface area contributed by atoms with E-state index in [-0.39, 0.29) is 23.2 Å². The van der Waals surface area contributed by atoms with Gasteiger partial charge in [0.15, 0.2) is 0 Å². The number of aromatic hydroxyl groups is 1. The van der Waals surface area contributed by atoms with Crippen molar-refractivity contribution in [3.8, 4) is 17.1 Å². The lowest BCUT2D eigenvalue weighted by Gasteiger charge is -1.99. The zero-order valence-electron chi connectivity index (χ0n) is 13.4. The van der Waals surface area contributed by atoms with Gasteiger partial charge < -0.3 is 9.63 Å². The molecule has 3 aromatic rings. The zero-order chi connectivity index (χ0) is 19.4. The smallest absolute Gasteiger partial charge is 0.329 e. The Morgan fingerprint density at radius 3 is 2.74 bits per heavy atom. The Kier molecular flexibility index (Phi) is 5.22. The average Bonchev–Trinajstić information content (AvgIpc) is 3.15. The second-order valence-corrected chi connectivity index (χ2v) is 6.05. The molecule has 0 fully saturated rings. The summed E-state index contributed by atoms with van der Waals surface area (Å²) in [7, 11) is 0. The number of rotatable bonds is 5. The van der Waals surface area contributed by atoms with Gasteiger partial charge in [-0.2, -0.15) is 10.1 Å². The van der Waals surface area contributed by atoms with Gasteiger partial charge in [0.05, 0.1) is 11.1 Å². The monoisotopic (exact) mass is 431 g/mol. The van der Waals surface area contributed by atoms with Gasteiger partial charge in [-0.25, -0.2) is 5.43 Å². The number of phenolic OH excluding ortho intramolecular Hbond substituents is 1. The Morgan fingerprint density at radius 2 is 2.04 bits per heavy atom. The van der Waals surface area contributed by atoms with E-state index in [1.54, 1.807) is 12.1 Å². The Labute approximate surface area is 159 Å². The van der Waals surface area contributed by atoms with Crippen LogP contribution in [-0.2, 0) is 0 Å². The Morgan fingerprint density at radius 1 is 1.30 bits per heavy atom. The first kappa shape index (κ1) is 18.2. The SMILES string of the molecule is O=C(NN=Cc1cc(Br)ccc1O)c1nc(-c2ccc([N+](=O)[O-])cc2)no1. The van der Waals surface area contributed by atoms with Crippen LogP contribution in [0.5, 0.6) is 5.75 Å². The maximum atomic E-state index is 12.0. The summed E-state index contributed by atoms with van der Waals surface area (Å²) in [4.78, 5) is 26.0. The molecule has 3 rings (SSSR count). The number of hydrogen-bond donors (Lipinski definition) is 2. The van der Waals surface area contributed by atoms with Crippen molar-refractivity contribution in [3.63, 3.8) is 0 Å². The predicted octanol–water partition coefficient (Wildman–Crippen LogP) is 2.88. The highest BCUT2D eigenvalue weighted by molar-refractivity contribution is 9.10. The van der Waals surface area contributed by atoms with E-state index in [2.05, 4.69) is 36.6 Å². The quantitative estimate of drug-likeness (QED) is 0.358. The van der Waals surface area contributed by atoms with Gasteiger partial charge >= 0.3 is 11.8 Å². The summed E-state index contributed by atoms with van der Waals surface area (Å²) < 4.78 is 5.60. The molecule has 10 nitrogen and oxygen atoms in total. The van der Waals surface area contributed by atoms with Crippen LogP contribution in [0.2, 0.25) is 0 Å². The van der Waals surface area contributed by atoms with Crippen molar-refractivity contribution < 1.29 is 19.3 Å². The van der Waals surface area contributed by atoms with E-state index in [0.717, 1.165) is 4.47 Å². The largest absolute Gasteiger partial charge is 0.507 e. The summed E-state index contributed by atoms with van der Waals surface area (Å²) in [6.07, 6.45) is 1.26. The molecule has 2 N–H and O–H groups in total. The summed E-state index contributed by atoms with van der Waals surface area (Å²) in [5.74, 6) is -0.988. The van der Waals surface area contributed by atoms with E-state index < -0.39 is 10.8 Å². The molecule has 0 aliphatic heterocycles. The molecule has 2 aromatic carbocycles. The second-order valence-electron chi connectivity index (χ2n) is 5.13. The van der Waals surface area contributed by atoms with Crippen LogP contribution in [0.3, 0.4) is 0 Å². The number of phenols is 1. The molecule has 11 heteroatoms. The van der Waals surface area contributed by atoms with Crippen LogP contribution in [0.25, 0.3) is 11.4 Å². The molecule has 136 valence electrons. The maximum absolute atomic E-state index is 12.0. The molecule has 1 heterocycles. The van der Waals surface area contributed by atoms with Gasteiger partial charge in [-0.05, 0) is 30.3 Å². The van der Waals surface area contributed by atoms with Gasteiger partial charge in [-0.15, -0.1) is 0 Å². The van der Waals surface area contributed by atoms with E-state index in [0.29, 0.717) is 11.1 Å². The van der Waals surface area contributed by atoms with Crippen molar-refractivity contribution in [1.29, 1.82) is 0 Å². The highest BCUT2D eigenvalue weighted by atomic mass is 79.9. The van der Waals surface area contributed by atoms with Crippen LogP contribution < -0.4 is 5.43 Å². The van der Waals surface area contributed by atoms with Crippen LogP contribution >= 0.6 is 15.9 Å². The lowest BCUT2D eigenvalue weighted by molar-refractivity contribution is -0.384. The van der Waals surface area contributed by atoms with Gasteiger partial charge in [-0.3, -0.25) is 14.9 Å². The lowest BCUT2D eigenvalue weighted by Crippen LogP contribution is -2.18. The van der Waals surface area contributed by atoms with Gasteiger partial charge in [0.1, 0.15) is 5.75 Å². The van der Waals surface area contributed by atoms with E-state index in [4.69, 9.17) is 4.52 Å². The van der Waals surface area contributed by atoms with Gasteiger partial charge in [0.25, 0.3) is 5.69 Å². The number of amides is 1. The van der Waals surface area contributed by atoms with Crippen LogP contribution in [0.4, 0.5) is 5.69 Å². The van der Waals surface area contributed by atoms with Crippen molar-refractivity contribution in [2.75, 3.05) is 0 Å². The zero-order valence-corrected chi connectivity index (χ0v) is 15.0. The fourth-order valence-electron chi connectivity index (χ4n) is 2.00. The van der Waals surface area contributed by atoms with Crippen LogP contribution in [0.1, 0.15) is 16.2 Å². The van der Waals surface area contributed by atoms with Crippen LogP contribution in [-0.4, -0.2) is 32.3 Å². The minimum atomic E-state index is -0.749. The van der Waals surface area contributed by atoms with Gasteiger partial charge in [0, 0.05) is 27.7 Å². The number of hydrogen-bond acceptors (Lipinski definition) is 8. The molecule has 0 bridgehead atoms. The van der Waals surface area contributed by atoms with Crippen molar-refractivity contribution >= 4 is 33.7 Å². The number of carbonyl (C=O) groups excluding carboxylic acids is 1. The lowest BCUT2D eigenvalue weighted by atomic mass is 10.2. The number of aromatic nitrogens is 2. The Hall–Kier alpha value is -3.60. The molecule has 0 unspecified atom stereocenters. The van der Waals surface area contributed by atoms with E-state index in [1.807, 2.05) is 0 Å². The van der Waals surface area contributed by atoms with Crippen molar-refractivity contribution in [2.45, 2.75) is 0 Å². The van der Waals surface area contributed by atoms with Crippen molar-refractivity contribution in [1.82, 2.24) is 15.6 Å². The Bertz CT molecular complexity index is 1030. The number of halogens is 1. The molecule has 0 atom stereocenters. The van der Waals surface area contributed by atoms with E-state index in [1.165, 1.54) is 36.5 Å². The summed E-state index contributed by atoms with van der Waals surface area (Å²) in [5, 5.41) is 27.7. The average molecular weight is 432 g/mol. The minimum Gasteiger partial charge on any atom is -0.507 e. The molecule has 0 aliphatic carbocycles. The fourth-order valence-corrected chi connectivity index (χ4v) is 2.38. The molecule has 1 aromatic heterocycles. The molecule has 27 heavy (non-hydrogen) atoms. The molecule has 0 radical (unpaired) electrons. The summed E-state index contributed by atoms with van der Waals surface area (Å²) in [6, 6.07) is 10.2. The normalized spacial score (nSPS) is 10.9. The third kappa shape index (κ3) is 4.33. The minimum absolute atomic E-state index is 0.00514. The molecule has 0 saturated carbocycles. The summed E-state index contributed by atoms with van der Waals surface area (Å²) in [5.41, 5.74) is 2.96. The van der Waals surface area contributed by atoms with Gasteiger partial charge in [0.2, 0.25) is 5.82 Å². The standard InChI is InChI=1S/C16H10BrN5O5/c17-11-3-6-13(23)10(7-11)8-18-20-15(24)16-19-14(21-27-16)9-1-4-12(5-2-9)22(25)26/h1-8,23H,(H,20,24). The third-order valence-corrected chi connectivity index (χ3v) is 3.81.